The third-order valence-corrected chi connectivity index (χ3v) is 4.16. The lowest BCUT2D eigenvalue weighted by atomic mass is 9.99. The number of hydrogen-bond donors (Lipinski definition) is 1. The van der Waals surface area contributed by atoms with Crippen LogP contribution in [-0.4, -0.2) is 35.0 Å². The van der Waals surface area contributed by atoms with Gasteiger partial charge < -0.3 is 9.47 Å². The minimum absolute atomic E-state index is 0.0276. The van der Waals surface area contributed by atoms with Crippen molar-refractivity contribution in [3.05, 3.63) is 23.9 Å². The number of aromatic nitrogens is 1. The molecule has 1 aromatic heterocycles. The van der Waals surface area contributed by atoms with Crippen molar-refractivity contribution < 1.29 is 27.4 Å². The summed E-state index contributed by atoms with van der Waals surface area (Å²) in [5.74, 6) is -1.75. The van der Waals surface area contributed by atoms with Crippen molar-refractivity contribution in [2.24, 2.45) is 0 Å². The maximum absolute atomic E-state index is 12.5. The van der Waals surface area contributed by atoms with Crippen LogP contribution >= 0.6 is 0 Å². The van der Waals surface area contributed by atoms with Crippen molar-refractivity contribution >= 4 is 5.97 Å². The Bertz CT molecular complexity index is 591. The fourth-order valence-corrected chi connectivity index (χ4v) is 3.17. The zero-order valence-electron chi connectivity index (χ0n) is 12.5. The molecule has 8 heteroatoms. The van der Waals surface area contributed by atoms with Crippen LogP contribution in [0.3, 0.4) is 0 Å². The number of hydrogen-bond acceptors (Lipinski definition) is 5. The molecule has 0 aromatic carbocycles. The summed E-state index contributed by atoms with van der Waals surface area (Å²) in [5, 5.41) is 2.99. The molecule has 0 radical (unpaired) electrons. The highest BCUT2D eigenvalue weighted by Crippen LogP contribution is 2.39. The number of rotatable bonds is 3. The molecule has 1 N–H and O–H groups in total. The number of nitrogens with zero attached hydrogens (tertiary/aromatic N) is 1. The maximum Gasteiger partial charge on any atom is 0.490 e. The van der Waals surface area contributed by atoms with E-state index in [0.29, 0.717) is 25.1 Å². The van der Waals surface area contributed by atoms with Gasteiger partial charge in [0.25, 0.3) is 0 Å². The Labute approximate surface area is 131 Å². The van der Waals surface area contributed by atoms with E-state index < -0.39 is 17.9 Å². The van der Waals surface area contributed by atoms with E-state index in [4.69, 9.17) is 9.47 Å². The van der Waals surface area contributed by atoms with Gasteiger partial charge in [0.15, 0.2) is 5.72 Å². The zero-order valence-corrected chi connectivity index (χ0v) is 12.5. The molecule has 1 aromatic rings. The molecular formula is C15H17F3N2O3. The molecule has 0 amide bonds. The molecule has 2 bridgehead atoms. The van der Waals surface area contributed by atoms with Gasteiger partial charge in [-0.15, -0.1) is 0 Å². The number of carbonyl (C=O) groups excluding carboxylic acids is 1. The van der Waals surface area contributed by atoms with Crippen LogP contribution < -0.4 is 10.1 Å². The second-order valence-corrected chi connectivity index (χ2v) is 6.11. The predicted octanol–water partition coefficient (Wildman–Crippen LogP) is 2.49. The van der Waals surface area contributed by atoms with Gasteiger partial charge in [-0.05, 0) is 18.9 Å². The smallest absolute Gasteiger partial charge is 0.474 e. The van der Waals surface area contributed by atoms with Crippen molar-refractivity contribution in [3.63, 3.8) is 0 Å². The van der Waals surface area contributed by atoms with E-state index in [0.717, 1.165) is 5.56 Å². The van der Waals surface area contributed by atoms with Gasteiger partial charge in [0.2, 0.25) is 5.88 Å². The van der Waals surface area contributed by atoms with Gasteiger partial charge in [-0.25, -0.2) is 9.78 Å². The average Bonchev–Trinajstić information content (AvgIpc) is 2.75. The van der Waals surface area contributed by atoms with Gasteiger partial charge in [0.1, 0.15) is 6.10 Å². The second-order valence-electron chi connectivity index (χ2n) is 6.11. The second kappa shape index (κ2) is 5.67. The fraction of sp³-hybridized carbons (Fsp3) is 0.600. The number of halogens is 3. The SMILES string of the molecule is Cc1ccc(OC2CC3CCC(OC(=O)C(F)(F)F)(C2)N3)nc1. The summed E-state index contributed by atoms with van der Waals surface area (Å²) in [6.45, 7) is 1.90. The first-order valence-electron chi connectivity index (χ1n) is 7.43. The summed E-state index contributed by atoms with van der Waals surface area (Å²) in [6.07, 6.45) is -1.89. The van der Waals surface area contributed by atoms with Crippen LogP contribution in [0.2, 0.25) is 0 Å². The molecule has 0 spiro atoms. The van der Waals surface area contributed by atoms with Crippen LogP contribution in [0.1, 0.15) is 31.2 Å². The number of pyridine rings is 1. The van der Waals surface area contributed by atoms with E-state index in [-0.39, 0.29) is 18.6 Å². The first-order chi connectivity index (χ1) is 10.8. The number of ether oxygens (including phenoxy) is 2. The summed E-state index contributed by atoms with van der Waals surface area (Å²) in [6, 6.07) is 3.53. The monoisotopic (exact) mass is 330 g/mol. The van der Waals surface area contributed by atoms with Gasteiger partial charge in [-0.1, -0.05) is 6.07 Å². The van der Waals surface area contributed by atoms with Crippen molar-refractivity contribution in [1.29, 1.82) is 0 Å². The lowest BCUT2D eigenvalue weighted by Gasteiger charge is -2.38. The highest BCUT2D eigenvalue weighted by molar-refractivity contribution is 5.76. The van der Waals surface area contributed by atoms with E-state index in [1.165, 1.54) is 0 Å². The number of aryl methyl sites for hydroxylation is 1. The third-order valence-electron chi connectivity index (χ3n) is 4.16. The molecule has 3 atom stereocenters. The molecule has 2 aliphatic rings. The van der Waals surface area contributed by atoms with E-state index >= 15 is 0 Å². The summed E-state index contributed by atoms with van der Waals surface area (Å²) < 4.78 is 47.9. The van der Waals surface area contributed by atoms with Crippen LogP contribution in [-0.2, 0) is 9.53 Å². The molecule has 2 fully saturated rings. The van der Waals surface area contributed by atoms with E-state index in [1.54, 1.807) is 12.3 Å². The molecular weight excluding hydrogens is 313 g/mol. The zero-order chi connectivity index (χ0) is 16.7. The fourth-order valence-electron chi connectivity index (χ4n) is 3.17. The largest absolute Gasteiger partial charge is 0.490 e. The average molecular weight is 330 g/mol. The Balaban J connectivity index is 1.69. The predicted molar refractivity (Wildman–Crippen MR) is 73.7 cm³/mol. The van der Waals surface area contributed by atoms with Gasteiger partial charge in [-0.3, -0.25) is 5.32 Å². The lowest BCUT2D eigenvalue weighted by Crippen LogP contribution is -2.56. The number of fused-ring (bicyclic) bond motifs is 2. The highest BCUT2D eigenvalue weighted by Gasteiger charge is 2.53. The van der Waals surface area contributed by atoms with Gasteiger partial charge in [-0.2, -0.15) is 13.2 Å². The molecule has 0 aliphatic carbocycles. The Morgan fingerprint density at radius 3 is 2.87 bits per heavy atom. The highest BCUT2D eigenvalue weighted by atomic mass is 19.4. The number of piperidine rings is 1. The van der Waals surface area contributed by atoms with Crippen molar-refractivity contribution in [2.45, 2.75) is 56.7 Å². The quantitative estimate of drug-likeness (QED) is 0.863. The van der Waals surface area contributed by atoms with E-state index in [1.807, 2.05) is 13.0 Å². The number of carbonyl (C=O) groups is 1. The minimum Gasteiger partial charge on any atom is -0.474 e. The van der Waals surface area contributed by atoms with E-state index in [2.05, 4.69) is 10.3 Å². The topological polar surface area (TPSA) is 60.5 Å². The number of esters is 1. The van der Waals surface area contributed by atoms with Gasteiger partial charge >= 0.3 is 12.1 Å². The first kappa shape index (κ1) is 16.0. The van der Waals surface area contributed by atoms with E-state index in [9.17, 15) is 18.0 Å². The summed E-state index contributed by atoms with van der Waals surface area (Å²) >= 11 is 0. The van der Waals surface area contributed by atoms with Gasteiger partial charge in [0.05, 0.1) is 0 Å². The van der Waals surface area contributed by atoms with Crippen molar-refractivity contribution in [3.8, 4) is 5.88 Å². The molecule has 126 valence electrons. The normalized spacial score (nSPS) is 30.1. The van der Waals surface area contributed by atoms with Crippen LogP contribution in [0.25, 0.3) is 0 Å². The maximum atomic E-state index is 12.5. The Morgan fingerprint density at radius 1 is 1.43 bits per heavy atom. The summed E-state index contributed by atoms with van der Waals surface area (Å²) in [5.41, 5.74) is -0.316. The van der Waals surface area contributed by atoms with Crippen LogP contribution in [0.5, 0.6) is 5.88 Å². The molecule has 0 saturated carbocycles. The minimum atomic E-state index is -5.00. The lowest BCUT2D eigenvalue weighted by molar-refractivity contribution is -0.219. The summed E-state index contributed by atoms with van der Waals surface area (Å²) in [7, 11) is 0. The summed E-state index contributed by atoms with van der Waals surface area (Å²) in [4.78, 5) is 15.3. The van der Waals surface area contributed by atoms with Crippen molar-refractivity contribution in [2.75, 3.05) is 0 Å². The third kappa shape index (κ3) is 3.57. The molecule has 5 nitrogen and oxygen atoms in total. The number of alkyl halides is 3. The standard InChI is InChI=1S/C15H17F3N2O3/c1-9-2-3-12(19-8-9)22-11-6-10-4-5-14(7-11,20-10)23-13(21)15(16,17)18/h2-3,8,10-11,20H,4-7H2,1H3. The Morgan fingerprint density at radius 2 is 2.22 bits per heavy atom. The van der Waals surface area contributed by atoms with Crippen LogP contribution in [0.4, 0.5) is 13.2 Å². The molecule has 23 heavy (non-hydrogen) atoms. The molecule has 3 heterocycles. The molecule has 3 rings (SSSR count). The molecule has 2 saturated heterocycles. The van der Waals surface area contributed by atoms with Crippen LogP contribution in [0, 0.1) is 6.92 Å². The molecule has 3 unspecified atom stereocenters. The van der Waals surface area contributed by atoms with Crippen molar-refractivity contribution in [1.82, 2.24) is 10.3 Å². The first-order valence-corrected chi connectivity index (χ1v) is 7.43. The van der Waals surface area contributed by atoms with Crippen LogP contribution in [0.15, 0.2) is 18.3 Å². The number of nitrogens with one attached hydrogen (secondary N) is 1. The Hall–Kier alpha value is -1.83. The molecule has 2 aliphatic heterocycles. The Kier molecular flexibility index (Phi) is 3.95. The van der Waals surface area contributed by atoms with Gasteiger partial charge in [0, 0.05) is 37.6 Å².